The van der Waals surface area contributed by atoms with Crippen LogP contribution in [0.25, 0.3) is 0 Å². The van der Waals surface area contributed by atoms with Crippen molar-refractivity contribution in [1.82, 2.24) is 9.78 Å². The van der Waals surface area contributed by atoms with Gasteiger partial charge in [0.2, 0.25) is 0 Å². The van der Waals surface area contributed by atoms with E-state index in [2.05, 4.69) is 24.2 Å². The molecule has 106 valence electrons. The second kappa shape index (κ2) is 7.29. The van der Waals surface area contributed by atoms with Gasteiger partial charge in [-0.25, -0.2) is 0 Å². The lowest BCUT2D eigenvalue weighted by atomic mass is 10.1. The Kier molecular flexibility index (Phi) is 5.41. The van der Waals surface area contributed by atoms with E-state index in [-0.39, 0.29) is 0 Å². The van der Waals surface area contributed by atoms with Crippen molar-refractivity contribution in [2.24, 2.45) is 0 Å². The van der Waals surface area contributed by atoms with Crippen LogP contribution in [0.5, 0.6) is 0 Å². The number of carbonyl (C=O) groups is 1. The summed E-state index contributed by atoms with van der Waals surface area (Å²) < 4.78 is 2.00. The van der Waals surface area contributed by atoms with Crippen LogP contribution in [0.3, 0.4) is 0 Å². The molecule has 0 unspecified atom stereocenters. The van der Waals surface area contributed by atoms with Crippen LogP contribution in [0.1, 0.15) is 35.6 Å². The number of hydrogen-bond donors (Lipinski definition) is 0. The fourth-order valence-electron chi connectivity index (χ4n) is 2.29. The molecule has 2 aromatic rings. The van der Waals surface area contributed by atoms with Crippen molar-refractivity contribution >= 4 is 18.0 Å². The molecule has 2 rings (SSSR count). The summed E-state index contributed by atoms with van der Waals surface area (Å²) in [5, 5.41) is 4.57. The molecule has 1 heterocycles. The zero-order valence-corrected chi connectivity index (χ0v) is 12.8. The zero-order chi connectivity index (χ0) is 14.4. The van der Waals surface area contributed by atoms with E-state index < -0.39 is 0 Å². The number of aryl methyl sites for hydroxylation is 2. The molecule has 0 aliphatic heterocycles. The molecule has 1 aromatic carbocycles. The van der Waals surface area contributed by atoms with E-state index >= 15 is 0 Å². The second-order valence-electron chi connectivity index (χ2n) is 4.52. The first-order chi connectivity index (χ1) is 9.80. The topological polar surface area (TPSA) is 34.9 Å². The highest BCUT2D eigenvalue weighted by atomic mass is 32.2. The molecule has 0 atom stereocenters. The van der Waals surface area contributed by atoms with Gasteiger partial charge in [0.15, 0.2) is 6.29 Å². The monoisotopic (exact) mass is 288 g/mol. The Balaban J connectivity index is 2.05. The molecular weight excluding hydrogens is 268 g/mol. The molecule has 0 bridgehead atoms. The fourth-order valence-corrected chi connectivity index (χ4v) is 3.14. The highest BCUT2D eigenvalue weighted by Crippen LogP contribution is 2.19. The van der Waals surface area contributed by atoms with Gasteiger partial charge in [-0.2, -0.15) is 5.10 Å². The number of rotatable bonds is 7. The number of carbonyl (C=O) groups excluding carboxylic acids is 1. The Morgan fingerprint density at radius 3 is 2.55 bits per heavy atom. The lowest BCUT2D eigenvalue weighted by Crippen LogP contribution is -2.07. The zero-order valence-electron chi connectivity index (χ0n) is 12.0. The second-order valence-corrected chi connectivity index (χ2v) is 5.69. The SMILES string of the molecule is CCc1nn(CCSc2ccccc2)c(CC)c1C=O. The number of hydrogen-bond acceptors (Lipinski definition) is 3. The Bertz CT molecular complexity index is 563. The van der Waals surface area contributed by atoms with Crippen molar-refractivity contribution in [3.05, 3.63) is 47.3 Å². The number of nitrogens with zero attached hydrogens (tertiary/aromatic N) is 2. The molecule has 0 saturated carbocycles. The number of aldehydes is 1. The van der Waals surface area contributed by atoms with Crippen LogP contribution in [0.2, 0.25) is 0 Å². The first-order valence-corrected chi connectivity index (χ1v) is 8.00. The Hall–Kier alpha value is -1.55. The van der Waals surface area contributed by atoms with Gasteiger partial charge in [0.05, 0.1) is 17.8 Å². The number of aromatic nitrogens is 2. The molecule has 0 fully saturated rings. The van der Waals surface area contributed by atoms with Crippen molar-refractivity contribution in [3.63, 3.8) is 0 Å². The minimum atomic E-state index is 0.791. The summed E-state index contributed by atoms with van der Waals surface area (Å²) in [5.74, 6) is 0.958. The van der Waals surface area contributed by atoms with Gasteiger partial charge in [0.25, 0.3) is 0 Å². The Morgan fingerprint density at radius 2 is 1.95 bits per heavy atom. The standard InChI is InChI=1S/C16H20N2OS/c1-3-15-14(12-19)16(4-2)18(17-15)10-11-20-13-8-6-5-7-9-13/h5-9,12H,3-4,10-11H2,1-2H3. The third-order valence-corrected chi connectivity index (χ3v) is 4.27. The van der Waals surface area contributed by atoms with Gasteiger partial charge < -0.3 is 0 Å². The fraction of sp³-hybridized carbons (Fsp3) is 0.375. The molecular formula is C16H20N2OS. The minimum absolute atomic E-state index is 0.791. The lowest BCUT2D eigenvalue weighted by molar-refractivity contribution is 0.112. The van der Waals surface area contributed by atoms with Crippen molar-refractivity contribution in [3.8, 4) is 0 Å². The average Bonchev–Trinajstić information content (AvgIpc) is 2.85. The molecule has 0 saturated heterocycles. The number of benzene rings is 1. The first-order valence-electron chi connectivity index (χ1n) is 7.01. The van der Waals surface area contributed by atoms with Gasteiger partial charge in [-0.05, 0) is 25.0 Å². The van der Waals surface area contributed by atoms with Gasteiger partial charge in [0.1, 0.15) is 0 Å². The van der Waals surface area contributed by atoms with Crippen LogP contribution in [0, 0.1) is 0 Å². The third-order valence-electron chi connectivity index (χ3n) is 3.28. The normalized spacial score (nSPS) is 10.7. The van der Waals surface area contributed by atoms with Crippen LogP contribution >= 0.6 is 11.8 Å². The maximum Gasteiger partial charge on any atom is 0.153 e. The summed E-state index contributed by atoms with van der Waals surface area (Å²) in [6, 6.07) is 10.4. The van der Waals surface area contributed by atoms with Crippen molar-refractivity contribution in [2.75, 3.05) is 5.75 Å². The molecule has 0 N–H and O–H groups in total. The summed E-state index contributed by atoms with van der Waals surface area (Å²) in [6.45, 7) is 4.95. The summed E-state index contributed by atoms with van der Waals surface area (Å²) >= 11 is 1.82. The Labute approximate surface area is 124 Å². The van der Waals surface area contributed by atoms with Gasteiger partial charge in [-0.1, -0.05) is 32.0 Å². The van der Waals surface area contributed by atoms with E-state index in [0.717, 1.165) is 48.4 Å². The largest absolute Gasteiger partial charge is 0.298 e. The molecule has 0 spiro atoms. The quantitative estimate of drug-likeness (QED) is 0.576. The van der Waals surface area contributed by atoms with E-state index in [0.29, 0.717) is 0 Å². The van der Waals surface area contributed by atoms with E-state index in [1.807, 2.05) is 41.6 Å². The van der Waals surface area contributed by atoms with E-state index in [1.165, 1.54) is 4.90 Å². The van der Waals surface area contributed by atoms with Crippen LogP contribution < -0.4 is 0 Å². The highest BCUT2D eigenvalue weighted by Gasteiger charge is 2.14. The summed E-state index contributed by atoms with van der Waals surface area (Å²) in [5.41, 5.74) is 2.77. The maximum atomic E-state index is 11.2. The summed E-state index contributed by atoms with van der Waals surface area (Å²) in [7, 11) is 0. The molecule has 0 aliphatic rings. The van der Waals surface area contributed by atoms with Gasteiger partial charge in [0, 0.05) is 16.3 Å². The van der Waals surface area contributed by atoms with Crippen molar-refractivity contribution < 1.29 is 4.79 Å². The maximum absolute atomic E-state index is 11.2. The first kappa shape index (κ1) is 14.9. The molecule has 20 heavy (non-hydrogen) atoms. The molecule has 0 aliphatic carbocycles. The van der Waals surface area contributed by atoms with Crippen LogP contribution in [0.15, 0.2) is 35.2 Å². The van der Waals surface area contributed by atoms with Crippen LogP contribution in [-0.4, -0.2) is 21.8 Å². The van der Waals surface area contributed by atoms with Crippen molar-refractivity contribution in [2.45, 2.75) is 38.1 Å². The van der Waals surface area contributed by atoms with Crippen molar-refractivity contribution in [1.29, 1.82) is 0 Å². The Morgan fingerprint density at radius 1 is 1.20 bits per heavy atom. The average molecular weight is 288 g/mol. The predicted molar refractivity (Wildman–Crippen MR) is 83.5 cm³/mol. The van der Waals surface area contributed by atoms with Gasteiger partial charge in [-0.15, -0.1) is 11.8 Å². The van der Waals surface area contributed by atoms with E-state index in [1.54, 1.807) is 0 Å². The molecule has 3 nitrogen and oxygen atoms in total. The molecule has 4 heteroatoms. The van der Waals surface area contributed by atoms with E-state index in [4.69, 9.17) is 0 Å². The smallest absolute Gasteiger partial charge is 0.153 e. The highest BCUT2D eigenvalue weighted by molar-refractivity contribution is 7.99. The van der Waals surface area contributed by atoms with E-state index in [9.17, 15) is 4.79 Å². The summed E-state index contributed by atoms with van der Waals surface area (Å²) in [6.07, 6.45) is 2.60. The summed E-state index contributed by atoms with van der Waals surface area (Å²) in [4.78, 5) is 12.5. The van der Waals surface area contributed by atoms with Crippen LogP contribution in [0.4, 0.5) is 0 Å². The van der Waals surface area contributed by atoms with Gasteiger partial charge >= 0.3 is 0 Å². The number of thioether (sulfide) groups is 1. The third kappa shape index (κ3) is 3.31. The molecule has 0 amide bonds. The van der Waals surface area contributed by atoms with Gasteiger partial charge in [-0.3, -0.25) is 9.48 Å². The lowest BCUT2D eigenvalue weighted by Gasteiger charge is -2.06. The predicted octanol–water partition coefficient (Wildman–Crippen LogP) is 3.61. The minimum Gasteiger partial charge on any atom is -0.298 e. The molecule has 0 radical (unpaired) electrons. The van der Waals surface area contributed by atoms with Crippen LogP contribution in [-0.2, 0) is 19.4 Å². The molecule has 1 aromatic heterocycles.